The van der Waals surface area contributed by atoms with E-state index in [2.05, 4.69) is 5.32 Å². The summed E-state index contributed by atoms with van der Waals surface area (Å²) >= 11 is 0. The van der Waals surface area contributed by atoms with Gasteiger partial charge in [-0.15, -0.1) is 0 Å². The molecule has 5 heteroatoms. The Morgan fingerprint density at radius 3 is 2.42 bits per heavy atom. The maximum atomic E-state index is 10.3. The van der Waals surface area contributed by atoms with Gasteiger partial charge in [-0.05, 0) is 12.8 Å². The highest BCUT2D eigenvalue weighted by Crippen LogP contribution is 2.17. The molecular formula is C7H15NO3S. The fraction of sp³-hybridized carbons (Fsp3) is 1.00. The summed E-state index contributed by atoms with van der Waals surface area (Å²) in [4.78, 5) is 0. The molecule has 1 fully saturated rings. The highest BCUT2D eigenvalue weighted by molar-refractivity contribution is 7.85. The van der Waals surface area contributed by atoms with Gasteiger partial charge >= 0.3 is 0 Å². The summed E-state index contributed by atoms with van der Waals surface area (Å²) in [5.74, 6) is -0.177. The Bertz CT molecular complexity index is 219. The van der Waals surface area contributed by atoms with Gasteiger partial charge in [0.1, 0.15) is 0 Å². The molecule has 0 heterocycles. The van der Waals surface area contributed by atoms with Crippen molar-refractivity contribution >= 4 is 10.1 Å². The van der Waals surface area contributed by atoms with Gasteiger partial charge in [-0.3, -0.25) is 4.55 Å². The average molecular weight is 193 g/mol. The summed E-state index contributed by atoms with van der Waals surface area (Å²) in [6, 6.07) is 0.465. The SMILES string of the molecule is O=S(=O)(O)CCNC1CCCC1. The third-order valence-corrected chi connectivity index (χ3v) is 2.87. The van der Waals surface area contributed by atoms with Crippen molar-refractivity contribution < 1.29 is 13.0 Å². The third-order valence-electron chi connectivity index (χ3n) is 2.15. The molecule has 72 valence electrons. The van der Waals surface area contributed by atoms with E-state index < -0.39 is 10.1 Å². The molecule has 1 rings (SSSR count). The molecule has 1 aliphatic carbocycles. The Hall–Kier alpha value is -0.130. The topological polar surface area (TPSA) is 66.4 Å². The average Bonchev–Trinajstić information content (AvgIpc) is 2.36. The van der Waals surface area contributed by atoms with Crippen LogP contribution in [-0.2, 0) is 10.1 Å². The first kappa shape index (κ1) is 9.95. The molecule has 0 unspecified atom stereocenters. The molecular weight excluding hydrogens is 178 g/mol. The van der Waals surface area contributed by atoms with Crippen molar-refractivity contribution in [2.24, 2.45) is 0 Å². The zero-order chi connectivity index (χ0) is 9.03. The van der Waals surface area contributed by atoms with Crippen LogP contribution in [0, 0.1) is 0 Å². The molecule has 0 amide bonds. The maximum Gasteiger partial charge on any atom is 0.266 e. The van der Waals surface area contributed by atoms with Crippen molar-refractivity contribution in [3.63, 3.8) is 0 Å². The van der Waals surface area contributed by atoms with Gasteiger partial charge in [-0.25, -0.2) is 0 Å². The summed E-state index contributed by atoms with van der Waals surface area (Å²) in [5.41, 5.74) is 0. The van der Waals surface area contributed by atoms with Crippen LogP contribution in [-0.4, -0.2) is 31.3 Å². The quantitative estimate of drug-likeness (QED) is 0.634. The predicted molar refractivity (Wildman–Crippen MR) is 46.7 cm³/mol. The zero-order valence-electron chi connectivity index (χ0n) is 6.99. The summed E-state index contributed by atoms with van der Waals surface area (Å²) in [7, 11) is -3.78. The van der Waals surface area contributed by atoms with Gasteiger partial charge in [0.2, 0.25) is 0 Å². The molecule has 4 nitrogen and oxygen atoms in total. The number of nitrogens with one attached hydrogen (secondary N) is 1. The minimum absolute atomic E-state index is 0.177. The summed E-state index contributed by atoms with van der Waals surface area (Å²) in [6.45, 7) is 0.365. The van der Waals surface area contributed by atoms with Crippen LogP contribution in [0.5, 0.6) is 0 Å². The Balaban J connectivity index is 2.09. The standard InChI is InChI=1S/C7H15NO3S/c9-12(10,11)6-5-8-7-3-1-2-4-7/h7-8H,1-6H2,(H,9,10,11). The normalized spacial score (nSPS) is 20.1. The molecule has 0 radical (unpaired) electrons. The van der Waals surface area contributed by atoms with E-state index in [9.17, 15) is 8.42 Å². The lowest BCUT2D eigenvalue weighted by Gasteiger charge is -2.09. The van der Waals surface area contributed by atoms with Crippen molar-refractivity contribution in [3.8, 4) is 0 Å². The molecule has 0 spiro atoms. The molecule has 0 aromatic carbocycles. The Morgan fingerprint density at radius 1 is 1.33 bits per heavy atom. The van der Waals surface area contributed by atoms with Gasteiger partial charge in [-0.2, -0.15) is 8.42 Å². The predicted octanol–water partition coefficient (Wildman–Crippen LogP) is 0.406. The molecule has 1 aliphatic rings. The van der Waals surface area contributed by atoms with Gasteiger partial charge in [0.05, 0.1) is 5.75 Å². The number of rotatable bonds is 4. The van der Waals surface area contributed by atoms with Crippen LogP contribution in [0.2, 0.25) is 0 Å². The van der Waals surface area contributed by atoms with E-state index in [4.69, 9.17) is 4.55 Å². The third kappa shape index (κ3) is 4.04. The van der Waals surface area contributed by atoms with Crippen LogP contribution in [0.25, 0.3) is 0 Å². The fourth-order valence-electron chi connectivity index (χ4n) is 1.52. The lowest BCUT2D eigenvalue weighted by atomic mass is 10.2. The Kier molecular flexibility index (Phi) is 3.49. The van der Waals surface area contributed by atoms with Crippen LogP contribution >= 0.6 is 0 Å². The number of hydrogen-bond acceptors (Lipinski definition) is 3. The molecule has 12 heavy (non-hydrogen) atoms. The van der Waals surface area contributed by atoms with Gasteiger partial charge < -0.3 is 5.32 Å². The minimum atomic E-state index is -3.78. The van der Waals surface area contributed by atoms with Crippen LogP contribution in [0.15, 0.2) is 0 Å². The van der Waals surface area contributed by atoms with Crippen LogP contribution in [0.3, 0.4) is 0 Å². The first-order valence-electron chi connectivity index (χ1n) is 4.26. The molecule has 1 saturated carbocycles. The molecule has 0 saturated heterocycles. The van der Waals surface area contributed by atoms with E-state index in [0.29, 0.717) is 12.6 Å². The lowest BCUT2D eigenvalue weighted by molar-refractivity contribution is 0.474. The highest BCUT2D eigenvalue weighted by Gasteiger charge is 2.14. The molecule has 2 N–H and O–H groups in total. The fourth-order valence-corrected chi connectivity index (χ4v) is 1.90. The first-order valence-corrected chi connectivity index (χ1v) is 5.87. The molecule has 0 aliphatic heterocycles. The van der Waals surface area contributed by atoms with E-state index in [-0.39, 0.29) is 5.75 Å². The summed E-state index contributed by atoms with van der Waals surface area (Å²) < 4.78 is 29.1. The van der Waals surface area contributed by atoms with Gasteiger partial charge in [0.25, 0.3) is 10.1 Å². The Labute approximate surface area is 73.1 Å². The lowest BCUT2D eigenvalue weighted by Crippen LogP contribution is -2.30. The van der Waals surface area contributed by atoms with Crippen molar-refractivity contribution in [1.29, 1.82) is 0 Å². The molecule has 0 aromatic rings. The first-order chi connectivity index (χ1) is 5.58. The van der Waals surface area contributed by atoms with E-state index in [1.165, 1.54) is 12.8 Å². The van der Waals surface area contributed by atoms with E-state index in [0.717, 1.165) is 12.8 Å². The molecule has 0 aromatic heterocycles. The molecule has 0 atom stereocenters. The van der Waals surface area contributed by atoms with Crippen LogP contribution < -0.4 is 5.32 Å². The summed E-state index contributed by atoms with van der Waals surface area (Å²) in [6.07, 6.45) is 4.71. The van der Waals surface area contributed by atoms with Crippen molar-refractivity contribution in [1.82, 2.24) is 5.32 Å². The monoisotopic (exact) mass is 193 g/mol. The molecule has 0 bridgehead atoms. The van der Waals surface area contributed by atoms with E-state index >= 15 is 0 Å². The Morgan fingerprint density at radius 2 is 1.92 bits per heavy atom. The van der Waals surface area contributed by atoms with Gasteiger partial charge in [0, 0.05) is 12.6 Å². The number of hydrogen-bond donors (Lipinski definition) is 2. The van der Waals surface area contributed by atoms with Crippen LogP contribution in [0.1, 0.15) is 25.7 Å². The van der Waals surface area contributed by atoms with E-state index in [1.54, 1.807) is 0 Å². The van der Waals surface area contributed by atoms with Crippen molar-refractivity contribution in [2.75, 3.05) is 12.3 Å². The van der Waals surface area contributed by atoms with Gasteiger partial charge in [-0.1, -0.05) is 12.8 Å². The maximum absolute atomic E-state index is 10.3. The highest BCUT2D eigenvalue weighted by atomic mass is 32.2. The zero-order valence-corrected chi connectivity index (χ0v) is 7.81. The smallest absolute Gasteiger partial charge is 0.266 e. The van der Waals surface area contributed by atoms with E-state index in [1.807, 2.05) is 0 Å². The second-order valence-electron chi connectivity index (χ2n) is 3.22. The minimum Gasteiger partial charge on any atom is -0.313 e. The largest absolute Gasteiger partial charge is 0.313 e. The van der Waals surface area contributed by atoms with Crippen molar-refractivity contribution in [3.05, 3.63) is 0 Å². The second kappa shape index (κ2) is 4.20. The summed E-state index contributed by atoms with van der Waals surface area (Å²) in [5, 5.41) is 3.10. The van der Waals surface area contributed by atoms with Crippen molar-refractivity contribution in [2.45, 2.75) is 31.7 Å². The second-order valence-corrected chi connectivity index (χ2v) is 4.79. The van der Waals surface area contributed by atoms with Crippen LogP contribution in [0.4, 0.5) is 0 Å². The van der Waals surface area contributed by atoms with Gasteiger partial charge in [0.15, 0.2) is 0 Å².